The fourth-order valence-corrected chi connectivity index (χ4v) is 4.93. The van der Waals surface area contributed by atoms with Crippen molar-refractivity contribution in [2.75, 3.05) is 44.6 Å². The summed E-state index contributed by atoms with van der Waals surface area (Å²) in [5, 5.41) is 5.30. The molecule has 1 N–H and O–H groups in total. The highest BCUT2D eigenvalue weighted by molar-refractivity contribution is 6.31. The van der Waals surface area contributed by atoms with E-state index >= 15 is 0 Å². The monoisotopic (exact) mass is 484 g/mol. The number of hydrogen-bond acceptors (Lipinski definition) is 4. The Labute approximate surface area is 211 Å². The minimum absolute atomic E-state index is 0.182. The van der Waals surface area contributed by atoms with Crippen molar-refractivity contribution >= 4 is 34.1 Å². The van der Waals surface area contributed by atoms with Gasteiger partial charge in [0.1, 0.15) is 0 Å². The Kier molecular flexibility index (Phi) is 7.26. The average Bonchev–Trinajstić information content (AvgIpc) is 2.90. The molecule has 4 aromatic rings. The van der Waals surface area contributed by atoms with Gasteiger partial charge >= 0.3 is 0 Å². The van der Waals surface area contributed by atoms with Crippen LogP contribution in [0.3, 0.4) is 0 Å². The van der Waals surface area contributed by atoms with E-state index in [0.29, 0.717) is 5.02 Å². The zero-order valence-electron chi connectivity index (χ0n) is 19.6. The zero-order chi connectivity index (χ0) is 24.0. The number of nitrogens with one attached hydrogen (secondary N) is 1. The van der Waals surface area contributed by atoms with Crippen LogP contribution in [0.2, 0.25) is 5.02 Å². The number of halogens is 1. The van der Waals surface area contributed by atoms with Crippen LogP contribution in [-0.4, -0.2) is 60.0 Å². The number of fused-ring (bicyclic) bond motifs is 1. The van der Waals surface area contributed by atoms with E-state index in [1.165, 1.54) is 0 Å². The van der Waals surface area contributed by atoms with Crippen LogP contribution in [0.4, 0.5) is 5.69 Å². The van der Waals surface area contributed by atoms with Crippen LogP contribution in [0, 0.1) is 0 Å². The maximum atomic E-state index is 13.6. The second-order valence-electron chi connectivity index (χ2n) is 8.87. The number of carbonyl (C=O) groups is 1. The van der Waals surface area contributed by atoms with Crippen molar-refractivity contribution in [1.82, 2.24) is 14.8 Å². The minimum Gasteiger partial charge on any atom is -0.383 e. The fourth-order valence-electron chi connectivity index (χ4n) is 4.77. The van der Waals surface area contributed by atoms with Crippen molar-refractivity contribution in [2.45, 2.75) is 5.92 Å². The summed E-state index contributed by atoms with van der Waals surface area (Å²) >= 11 is 6.10. The number of pyridine rings is 1. The van der Waals surface area contributed by atoms with E-state index in [1.807, 2.05) is 89.8 Å². The first-order chi connectivity index (χ1) is 17.2. The van der Waals surface area contributed by atoms with Gasteiger partial charge < -0.3 is 10.2 Å². The SMILES string of the molecule is O=C(C(c1ccccc1)c1ccccc1)N1CCN(CCNc2ccnc3cc(Cl)ccc23)CC1. The average molecular weight is 485 g/mol. The number of anilines is 1. The molecule has 0 unspecified atom stereocenters. The molecule has 1 amide bonds. The normalized spacial score (nSPS) is 14.4. The Bertz CT molecular complexity index is 1230. The third kappa shape index (κ3) is 5.47. The molecule has 1 saturated heterocycles. The van der Waals surface area contributed by atoms with Gasteiger partial charge in [0.25, 0.3) is 0 Å². The molecule has 0 aliphatic carbocycles. The van der Waals surface area contributed by atoms with E-state index < -0.39 is 0 Å². The third-order valence-electron chi connectivity index (χ3n) is 6.64. The predicted octanol–water partition coefficient (Wildman–Crippen LogP) is 5.28. The molecule has 1 aliphatic heterocycles. The fraction of sp³-hybridized carbons (Fsp3) is 0.241. The van der Waals surface area contributed by atoms with Crippen LogP contribution in [0.5, 0.6) is 0 Å². The summed E-state index contributed by atoms with van der Waals surface area (Å²) in [6, 6.07) is 28.0. The van der Waals surface area contributed by atoms with Gasteiger partial charge in [-0.3, -0.25) is 14.7 Å². The number of hydrogen-bond donors (Lipinski definition) is 1. The topological polar surface area (TPSA) is 48.5 Å². The van der Waals surface area contributed by atoms with Crippen LogP contribution in [0.25, 0.3) is 10.9 Å². The van der Waals surface area contributed by atoms with E-state index in [-0.39, 0.29) is 11.8 Å². The molecule has 178 valence electrons. The Balaban J connectivity index is 1.18. The lowest BCUT2D eigenvalue weighted by atomic mass is 9.90. The lowest BCUT2D eigenvalue weighted by Crippen LogP contribution is -2.50. The molecular weight excluding hydrogens is 456 g/mol. The molecule has 0 radical (unpaired) electrons. The molecule has 3 aromatic carbocycles. The Morgan fingerprint density at radius 1 is 0.886 bits per heavy atom. The number of amides is 1. The Morgan fingerprint density at radius 2 is 1.54 bits per heavy atom. The van der Waals surface area contributed by atoms with E-state index in [9.17, 15) is 4.79 Å². The second kappa shape index (κ2) is 10.9. The molecule has 0 spiro atoms. The van der Waals surface area contributed by atoms with Gasteiger partial charge in [-0.15, -0.1) is 0 Å². The van der Waals surface area contributed by atoms with Gasteiger partial charge in [-0.1, -0.05) is 72.3 Å². The van der Waals surface area contributed by atoms with Crippen LogP contribution in [-0.2, 0) is 4.79 Å². The second-order valence-corrected chi connectivity index (χ2v) is 9.30. The molecule has 5 nitrogen and oxygen atoms in total. The summed E-state index contributed by atoms with van der Waals surface area (Å²) < 4.78 is 0. The lowest BCUT2D eigenvalue weighted by Gasteiger charge is -2.36. The van der Waals surface area contributed by atoms with Gasteiger partial charge in [-0.2, -0.15) is 0 Å². The van der Waals surface area contributed by atoms with Crippen molar-refractivity contribution in [3.05, 3.63) is 107 Å². The number of benzene rings is 3. The predicted molar refractivity (Wildman–Crippen MR) is 143 cm³/mol. The third-order valence-corrected chi connectivity index (χ3v) is 6.88. The minimum atomic E-state index is -0.265. The first-order valence-electron chi connectivity index (χ1n) is 12.1. The highest BCUT2D eigenvalue weighted by Crippen LogP contribution is 2.28. The quantitative estimate of drug-likeness (QED) is 0.388. The first kappa shape index (κ1) is 23.3. The Morgan fingerprint density at radius 3 is 2.20 bits per heavy atom. The summed E-state index contributed by atoms with van der Waals surface area (Å²) in [6.07, 6.45) is 1.81. The number of carbonyl (C=O) groups excluding carboxylic acids is 1. The molecule has 0 bridgehead atoms. The van der Waals surface area contributed by atoms with Crippen molar-refractivity contribution in [3.63, 3.8) is 0 Å². The lowest BCUT2D eigenvalue weighted by molar-refractivity contribution is -0.133. The van der Waals surface area contributed by atoms with Gasteiger partial charge in [-0.25, -0.2) is 0 Å². The summed E-state index contributed by atoms with van der Waals surface area (Å²) in [5.74, 6) is -0.0822. The number of nitrogens with zero attached hydrogens (tertiary/aromatic N) is 3. The summed E-state index contributed by atoms with van der Waals surface area (Å²) in [7, 11) is 0. The molecule has 2 heterocycles. The van der Waals surface area contributed by atoms with Crippen LogP contribution in [0.1, 0.15) is 17.0 Å². The molecular formula is C29H29ClN4O. The van der Waals surface area contributed by atoms with Gasteiger partial charge in [0.05, 0.1) is 11.4 Å². The van der Waals surface area contributed by atoms with E-state index in [0.717, 1.165) is 67.0 Å². The van der Waals surface area contributed by atoms with Crippen molar-refractivity contribution in [1.29, 1.82) is 0 Å². The van der Waals surface area contributed by atoms with E-state index in [2.05, 4.69) is 15.2 Å². The highest BCUT2D eigenvalue weighted by Gasteiger charge is 2.29. The van der Waals surface area contributed by atoms with E-state index in [1.54, 1.807) is 6.20 Å². The largest absolute Gasteiger partial charge is 0.383 e. The van der Waals surface area contributed by atoms with Crippen LogP contribution in [0.15, 0.2) is 91.1 Å². The smallest absolute Gasteiger partial charge is 0.234 e. The molecule has 0 atom stereocenters. The summed E-state index contributed by atoms with van der Waals surface area (Å²) in [6.45, 7) is 4.97. The number of piperazine rings is 1. The molecule has 1 aliphatic rings. The molecule has 0 saturated carbocycles. The summed E-state index contributed by atoms with van der Waals surface area (Å²) in [4.78, 5) is 22.5. The van der Waals surface area contributed by atoms with Gasteiger partial charge in [0.15, 0.2) is 0 Å². The van der Waals surface area contributed by atoms with Gasteiger partial charge in [0, 0.05) is 61.6 Å². The molecule has 1 aromatic heterocycles. The Hall–Kier alpha value is -3.41. The van der Waals surface area contributed by atoms with Crippen molar-refractivity contribution in [2.24, 2.45) is 0 Å². The molecule has 1 fully saturated rings. The zero-order valence-corrected chi connectivity index (χ0v) is 20.4. The summed E-state index contributed by atoms with van der Waals surface area (Å²) in [5.41, 5.74) is 4.04. The van der Waals surface area contributed by atoms with Crippen molar-refractivity contribution in [3.8, 4) is 0 Å². The number of rotatable bonds is 7. The maximum Gasteiger partial charge on any atom is 0.234 e. The number of aromatic nitrogens is 1. The van der Waals surface area contributed by atoms with Gasteiger partial charge in [0.2, 0.25) is 5.91 Å². The van der Waals surface area contributed by atoms with Gasteiger partial charge in [-0.05, 0) is 35.4 Å². The first-order valence-corrected chi connectivity index (χ1v) is 12.5. The highest BCUT2D eigenvalue weighted by atomic mass is 35.5. The van der Waals surface area contributed by atoms with E-state index in [4.69, 9.17) is 11.6 Å². The van der Waals surface area contributed by atoms with Crippen molar-refractivity contribution < 1.29 is 4.79 Å². The van der Waals surface area contributed by atoms with Crippen LogP contribution >= 0.6 is 11.6 Å². The maximum absolute atomic E-state index is 13.6. The molecule has 5 rings (SSSR count). The van der Waals surface area contributed by atoms with Crippen LogP contribution < -0.4 is 5.32 Å². The molecule has 6 heteroatoms. The standard InChI is InChI=1S/C29H29ClN4O/c30-24-11-12-25-26(13-14-31-27(25)21-24)32-15-16-33-17-19-34(20-18-33)29(35)28(22-7-3-1-4-8-22)23-9-5-2-6-10-23/h1-14,21,28H,15-20H2,(H,31,32). The molecule has 35 heavy (non-hydrogen) atoms.